The van der Waals surface area contributed by atoms with Crippen LogP contribution in [0.2, 0.25) is 0 Å². The van der Waals surface area contributed by atoms with Crippen molar-refractivity contribution in [2.24, 2.45) is 5.92 Å². The zero-order chi connectivity index (χ0) is 15.2. The van der Waals surface area contributed by atoms with Crippen LogP contribution in [0.5, 0.6) is 0 Å². The second kappa shape index (κ2) is 7.41. The summed E-state index contributed by atoms with van der Waals surface area (Å²) in [7, 11) is 0. The summed E-state index contributed by atoms with van der Waals surface area (Å²) in [6, 6.07) is 0.0618. The largest absolute Gasteiger partial charge is 0.374 e. The number of nitrogens with zero attached hydrogens (tertiary/aromatic N) is 4. The van der Waals surface area contributed by atoms with Crippen molar-refractivity contribution in [3.05, 3.63) is 18.7 Å². The van der Waals surface area contributed by atoms with Crippen LogP contribution in [0, 0.1) is 5.92 Å². The van der Waals surface area contributed by atoms with Gasteiger partial charge in [-0.05, 0) is 5.92 Å². The third-order valence-electron chi connectivity index (χ3n) is 2.87. The third kappa shape index (κ3) is 5.01. The first-order valence-corrected chi connectivity index (χ1v) is 8.31. The molecule has 0 spiro atoms. The van der Waals surface area contributed by atoms with E-state index in [1.807, 2.05) is 10.8 Å². The monoisotopic (exact) mass is 326 g/mol. The van der Waals surface area contributed by atoms with E-state index in [1.165, 1.54) is 23.1 Å². The summed E-state index contributed by atoms with van der Waals surface area (Å²) in [5.41, 5.74) is 5.50. The molecule has 0 aliphatic rings. The highest BCUT2D eigenvalue weighted by atomic mass is 32.2. The van der Waals surface area contributed by atoms with E-state index in [0.29, 0.717) is 27.7 Å². The summed E-state index contributed by atoms with van der Waals surface area (Å²) in [6.45, 7) is 4.88. The Balaban J connectivity index is 1.83. The molecule has 2 rings (SSSR count). The van der Waals surface area contributed by atoms with Gasteiger partial charge in [0.15, 0.2) is 4.34 Å². The van der Waals surface area contributed by atoms with E-state index >= 15 is 0 Å². The predicted molar refractivity (Wildman–Crippen MR) is 84.0 cm³/mol. The number of carbonyl (C=O) groups is 1. The van der Waals surface area contributed by atoms with Crippen LogP contribution >= 0.6 is 23.1 Å². The molecule has 114 valence electrons. The molecule has 0 aromatic carbocycles. The Labute approximate surface area is 131 Å². The number of carbonyl (C=O) groups excluding carboxylic acids is 1. The lowest BCUT2D eigenvalue weighted by Crippen LogP contribution is -2.42. The molecule has 1 unspecified atom stereocenters. The minimum atomic E-state index is -0.0208. The van der Waals surface area contributed by atoms with Crippen LogP contribution in [-0.4, -0.2) is 37.5 Å². The Kier molecular flexibility index (Phi) is 5.57. The second-order valence-electron chi connectivity index (χ2n) is 4.87. The van der Waals surface area contributed by atoms with Gasteiger partial charge in [-0.1, -0.05) is 36.9 Å². The van der Waals surface area contributed by atoms with E-state index in [2.05, 4.69) is 34.3 Å². The fourth-order valence-corrected chi connectivity index (χ4v) is 3.15. The molecule has 0 aliphatic carbocycles. The van der Waals surface area contributed by atoms with Crippen LogP contribution in [0.25, 0.3) is 0 Å². The number of imidazole rings is 1. The first kappa shape index (κ1) is 15.8. The first-order chi connectivity index (χ1) is 10.0. The maximum Gasteiger partial charge on any atom is 0.230 e. The molecule has 7 nitrogen and oxygen atoms in total. The molecule has 9 heteroatoms. The van der Waals surface area contributed by atoms with Crippen molar-refractivity contribution in [2.75, 3.05) is 11.5 Å². The van der Waals surface area contributed by atoms with Crippen molar-refractivity contribution in [3.63, 3.8) is 0 Å². The van der Waals surface area contributed by atoms with Crippen LogP contribution < -0.4 is 11.1 Å². The van der Waals surface area contributed by atoms with Crippen molar-refractivity contribution < 1.29 is 4.79 Å². The second-order valence-corrected chi connectivity index (χ2v) is 7.10. The van der Waals surface area contributed by atoms with Crippen molar-refractivity contribution in [1.29, 1.82) is 0 Å². The number of aromatic nitrogens is 4. The number of hydrogen-bond acceptors (Lipinski definition) is 7. The van der Waals surface area contributed by atoms with E-state index in [0.717, 1.165) is 0 Å². The van der Waals surface area contributed by atoms with E-state index in [9.17, 15) is 4.79 Å². The highest BCUT2D eigenvalue weighted by Crippen LogP contribution is 2.23. The van der Waals surface area contributed by atoms with E-state index in [1.54, 1.807) is 12.5 Å². The van der Waals surface area contributed by atoms with E-state index in [-0.39, 0.29) is 11.9 Å². The average Bonchev–Trinajstić information content (AvgIpc) is 3.07. The molecule has 0 saturated heterocycles. The Bertz CT molecular complexity index is 568. The number of nitrogens with one attached hydrogen (secondary N) is 1. The molecule has 1 atom stereocenters. The molecule has 0 bridgehead atoms. The van der Waals surface area contributed by atoms with Crippen LogP contribution in [0.1, 0.15) is 13.8 Å². The number of thioether (sulfide) groups is 1. The fraction of sp³-hybridized carbons (Fsp3) is 0.500. The van der Waals surface area contributed by atoms with Gasteiger partial charge in [0.1, 0.15) is 0 Å². The molecule has 0 fully saturated rings. The van der Waals surface area contributed by atoms with Gasteiger partial charge in [0.05, 0.1) is 12.1 Å². The number of hydrogen-bond donors (Lipinski definition) is 2. The minimum Gasteiger partial charge on any atom is -0.374 e. The van der Waals surface area contributed by atoms with Crippen molar-refractivity contribution >= 4 is 34.1 Å². The average molecular weight is 326 g/mol. The van der Waals surface area contributed by atoms with Crippen molar-refractivity contribution in [2.45, 2.75) is 30.8 Å². The summed E-state index contributed by atoms with van der Waals surface area (Å²) in [4.78, 5) is 16.0. The maximum atomic E-state index is 12.0. The topological polar surface area (TPSA) is 98.7 Å². The zero-order valence-corrected chi connectivity index (χ0v) is 13.5. The number of amides is 1. The number of nitrogen functional groups attached to an aromatic ring is 1. The Morgan fingerprint density at radius 1 is 1.52 bits per heavy atom. The van der Waals surface area contributed by atoms with Crippen molar-refractivity contribution in [3.8, 4) is 0 Å². The molecule has 0 radical (unpaired) electrons. The lowest BCUT2D eigenvalue weighted by atomic mass is 10.0. The normalized spacial score (nSPS) is 12.5. The van der Waals surface area contributed by atoms with Gasteiger partial charge >= 0.3 is 0 Å². The highest BCUT2D eigenvalue weighted by molar-refractivity contribution is 8.01. The van der Waals surface area contributed by atoms with E-state index < -0.39 is 0 Å². The summed E-state index contributed by atoms with van der Waals surface area (Å²) in [5.74, 6) is 0.619. The molecule has 0 aliphatic heterocycles. The SMILES string of the molecule is CC(C)C(Cn1ccnc1)NC(=O)CSc1nnc(N)s1. The lowest BCUT2D eigenvalue weighted by molar-refractivity contribution is -0.119. The van der Waals surface area contributed by atoms with Gasteiger partial charge in [-0.3, -0.25) is 4.79 Å². The molecule has 1 amide bonds. The lowest BCUT2D eigenvalue weighted by Gasteiger charge is -2.22. The Hall–Kier alpha value is -1.61. The van der Waals surface area contributed by atoms with Crippen LogP contribution in [0.3, 0.4) is 0 Å². The summed E-state index contributed by atoms with van der Waals surface area (Å²) in [6.07, 6.45) is 5.37. The van der Waals surface area contributed by atoms with Crippen LogP contribution in [0.15, 0.2) is 23.1 Å². The Morgan fingerprint density at radius 2 is 2.33 bits per heavy atom. The predicted octanol–water partition coefficient (Wildman–Crippen LogP) is 1.25. The summed E-state index contributed by atoms with van der Waals surface area (Å²) < 4.78 is 2.67. The molecule has 21 heavy (non-hydrogen) atoms. The zero-order valence-electron chi connectivity index (χ0n) is 11.9. The van der Waals surface area contributed by atoms with Crippen LogP contribution in [-0.2, 0) is 11.3 Å². The maximum absolute atomic E-state index is 12.0. The smallest absolute Gasteiger partial charge is 0.230 e. The molecular weight excluding hydrogens is 308 g/mol. The van der Waals surface area contributed by atoms with Gasteiger partial charge in [0.25, 0.3) is 0 Å². The number of nitrogens with two attached hydrogens (primary N) is 1. The molecule has 2 aromatic rings. The Morgan fingerprint density at radius 3 is 2.90 bits per heavy atom. The van der Waals surface area contributed by atoms with Gasteiger partial charge < -0.3 is 15.6 Å². The summed E-state index contributed by atoms with van der Waals surface area (Å²) >= 11 is 2.63. The molecule has 3 N–H and O–H groups in total. The molecular formula is C12H18N6OS2. The van der Waals surface area contributed by atoms with Crippen LogP contribution in [0.4, 0.5) is 5.13 Å². The third-order valence-corrected chi connectivity index (χ3v) is 4.75. The molecule has 2 aromatic heterocycles. The highest BCUT2D eigenvalue weighted by Gasteiger charge is 2.17. The first-order valence-electron chi connectivity index (χ1n) is 6.51. The molecule has 2 heterocycles. The number of rotatable bonds is 7. The molecule has 0 saturated carbocycles. The van der Waals surface area contributed by atoms with Gasteiger partial charge in [-0.25, -0.2) is 4.98 Å². The standard InChI is InChI=1S/C12H18N6OS2/c1-8(2)9(5-18-4-3-14-7-18)15-10(19)6-20-12-17-16-11(13)21-12/h3-4,7-9H,5-6H2,1-2H3,(H2,13,16)(H,15,19). The van der Waals surface area contributed by atoms with Gasteiger partial charge in [0.2, 0.25) is 11.0 Å². The van der Waals surface area contributed by atoms with Crippen molar-refractivity contribution in [1.82, 2.24) is 25.1 Å². The van der Waals surface area contributed by atoms with E-state index in [4.69, 9.17) is 5.73 Å². The quantitative estimate of drug-likeness (QED) is 0.743. The van der Waals surface area contributed by atoms with Gasteiger partial charge in [-0.2, -0.15) is 0 Å². The van der Waals surface area contributed by atoms with Gasteiger partial charge in [0, 0.05) is 25.0 Å². The number of anilines is 1. The fourth-order valence-electron chi connectivity index (χ4n) is 1.70. The van der Waals surface area contributed by atoms with Gasteiger partial charge in [-0.15, -0.1) is 10.2 Å². The summed E-state index contributed by atoms with van der Waals surface area (Å²) in [5, 5.41) is 11.1. The minimum absolute atomic E-state index is 0.0208.